The summed E-state index contributed by atoms with van der Waals surface area (Å²) in [6.07, 6.45) is 2.44. The zero-order valence-corrected chi connectivity index (χ0v) is 8.34. The predicted molar refractivity (Wildman–Crippen MR) is 53.0 cm³/mol. The van der Waals surface area contributed by atoms with E-state index < -0.39 is 0 Å². The lowest BCUT2D eigenvalue weighted by atomic mass is 10.1. The average Bonchev–Trinajstić information content (AvgIpc) is 2.07. The minimum atomic E-state index is 0.536. The minimum Gasteiger partial charge on any atom is -0.0839 e. The maximum Gasteiger partial charge on any atom is 0.0395 e. The Kier molecular flexibility index (Phi) is 3.64. The van der Waals surface area contributed by atoms with Crippen molar-refractivity contribution in [3.8, 4) is 0 Å². The van der Waals surface area contributed by atoms with Crippen molar-refractivity contribution in [2.75, 3.05) is 0 Å². The largest absolute Gasteiger partial charge is 0.0839 e. The summed E-state index contributed by atoms with van der Waals surface area (Å²) >= 11 is 3.65. The third kappa shape index (κ3) is 2.66. The number of hydrogen-bond donors (Lipinski definition) is 0. The molecular formula is C10H13Br. The fourth-order valence-electron chi connectivity index (χ4n) is 1.08. The molecule has 0 heterocycles. The molecule has 0 saturated heterocycles. The van der Waals surface area contributed by atoms with E-state index in [0.29, 0.717) is 4.83 Å². The van der Waals surface area contributed by atoms with E-state index >= 15 is 0 Å². The van der Waals surface area contributed by atoms with E-state index in [1.165, 1.54) is 18.4 Å². The van der Waals surface area contributed by atoms with Crippen molar-refractivity contribution >= 4 is 15.9 Å². The van der Waals surface area contributed by atoms with Gasteiger partial charge in [-0.15, -0.1) is 0 Å². The second-order valence-electron chi connectivity index (χ2n) is 2.67. The van der Waals surface area contributed by atoms with Crippen LogP contribution in [0.4, 0.5) is 0 Å². The number of halogens is 1. The highest BCUT2D eigenvalue weighted by Gasteiger charge is 2.03. The zero-order chi connectivity index (χ0) is 8.10. The molecule has 0 radical (unpaired) electrons. The lowest BCUT2D eigenvalue weighted by Gasteiger charge is -2.07. The summed E-state index contributed by atoms with van der Waals surface area (Å²) < 4.78 is 0. The van der Waals surface area contributed by atoms with Crippen molar-refractivity contribution in [3.05, 3.63) is 35.9 Å². The summed E-state index contributed by atoms with van der Waals surface area (Å²) in [5, 5.41) is 0. The molecule has 1 heteroatoms. The van der Waals surface area contributed by atoms with Gasteiger partial charge in [0.25, 0.3) is 0 Å². The van der Waals surface area contributed by atoms with E-state index in [0.717, 1.165) is 0 Å². The van der Waals surface area contributed by atoms with E-state index in [4.69, 9.17) is 0 Å². The first-order valence-electron chi connectivity index (χ1n) is 4.03. The molecule has 60 valence electrons. The van der Waals surface area contributed by atoms with Gasteiger partial charge in [-0.25, -0.2) is 0 Å². The van der Waals surface area contributed by atoms with Gasteiger partial charge in [-0.1, -0.05) is 59.6 Å². The molecule has 1 atom stereocenters. The third-order valence-electron chi connectivity index (χ3n) is 1.70. The molecule has 0 spiro atoms. The molecule has 1 rings (SSSR count). The van der Waals surface area contributed by atoms with Crippen LogP contribution < -0.4 is 0 Å². The lowest BCUT2D eigenvalue weighted by molar-refractivity contribution is 0.788. The molecule has 0 unspecified atom stereocenters. The van der Waals surface area contributed by atoms with Crippen molar-refractivity contribution in [1.29, 1.82) is 0 Å². The van der Waals surface area contributed by atoms with E-state index in [-0.39, 0.29) is 0 Å². The molecule has 0 aromatic heterocycles. The summed E-state index contributed by atoms with van der Waals surface area (Å²) in [5.74, 6) is 0. The van der Waals surface area contributed by atoms with Crippen molar-refractivity contribution in [1.82, 2.24) is 0 Å². The minimum absolute atomic E-state index is 0.536. The monoisotopic (exact) mass is 212 g/mol. The van der Waals surface area contributed by atoms with Crippen LogP contribution in [0.5, 0.6) is 0 Å². The Morgan fingerprint density at radius 1 is 1.27 bits per heavy atom. The summed E-state index contributed by atoms with van der Waals surface area (Å²) in [5.41, 5.74) is 1.38. The second-order valence-corrected chi connectivity index (χ2v) is 3.77. The van der Waals surface area contributed by atoms with E-state index in [1.54, 1.807) is 0 Å². The van der Waals surface area contributed by atoms with E-state index in [9.17, 15) is 0 Å². The second kappa shape index (κ2) is 4.55. The van der Waals surface area contributed by atoms with Crippen LogP contribution in [0.3, 0.4) is 0 Å². The first kappa shape index (κ1) is 8.79. The van der Waals surface area contributed by atoms with Gasteiger partial charge in [0.2, 0.25) is 0 Å². The average molecular weight is 213 g/mol. The standard InChI is InChI=1S/C10H13Br/c1-2-6-10(11)9-7-4-3-5-8-9/h3-5,7-8,10H,2,6H2,1H3/t10-/m0/s1. The molecule has 11 heavy (non-hydrogen) atoms. The molecule has 0 N–H and O–H groups in total. The molecule has 1 aromatic carbocycles. The van der Waals surface area contributed by atoms with Crippen LogP contribution >= 0.6 is 15.9 Å². The summed E-state index contributed by atoms with van der Waals surface area (Å²) in [6, 6.07) is 10.5. The summed E-state index contributed by atoms with van der Waals surface area (Å²) in [7, 11) is 0. The molecule has 0 fully saturated rings. The molecule has 0 aliphatic heterocycles. The van der Waals surface area contributed by atoms with E-state index in [2.05, 4.69) is 53.2 Å². The number of hydrogen-bond acceptors (Lipinski definition) is 0. The molecular weight excluding hydrogens is 200 g/mol. The number of alkyl halides is 1. The first-order chi connectivity index (χ1) is 5.34. The Bertz CT molecular complexity index is 193. The van der Waals surface area contributed by atoms with Gasteiger partial charge >= 0.3 is 0 Å². The first-order valence-corrected chi connectivity index (χ1v) is 4.95. The van der Waals surface area contributed by atoms with Gasteiger partial charge in [0, 0.05) is 4.83 Å². The quantitative estimate of drug-likeness (QED) is 0.667. The van der Waals surface area contributed by atoms with E-state index in [1.807, 2.05) is 0 Å². The lowest BCUT2D eigenvalue weighted by Crippen LogP contribution is -1.87. The molecule has 0 nitrogen and oxygen atoms in total. The maximum absolute atomic E-state index is 3.65. The Morgan fingerprint density at radius 2 is 1.91 bits per heavy atom. The molecule has 1 aromatic rings. The van der Waals surface area contributed by atoms with Crippen LogP contribution in [-0.2, 0) is 0 Å². The van der Waals surface area contributed by atoms with Crippen LogP contribution in [0, 0.1) is 0 Å². The van der Waals surface area contributed by atoms with Crippen molar-refractivity contribution in [2.45, 2.75) is 24.6 Å². The predicted octanol–water partition coefficient (Wildman–Crippen LogP) is 3.92. The molecule has 0 saturated carbocycles. The van der Waals surface area contributed by atoms with Gasteiger partial charge < -0.3 is 0 Å². The highest BCUT2D eigenvalue weighted by Crippen LogP contribution is 2.26. The summed E-state index contributed by atoms with van der Waals surface area (Å²) in [6.45, 7) is 2.21. The van der Waals surface area contributed by atoms with Crippen LogP contribution in [0.2, 0.25) is 0 Å². The van der Waals surface area contributed by atoms with Crippen molar-refractivity contribution in [2.24, 2.45) is 0 Å². The topological polar surface area (TPSA) is 0 Å². The molecule has 0 aliphatic rings. The Balaban J connectivity index is 2.61. The SMILES string of the molecule is CCC[C@H](Br)c1ccccc1. The fraction of sp³-hybridized carbons (Fsp3) is 0.400. The molecule has 0 aliphatic carbocycles. The van der Waals surface area contributed by atoms with Gasteiger partial charge in [0.1, 0.15) is 0 Å². The summed E-state index contributed by atoms with van der Waals surface area (Å²) in [4.78, 5) is 0.536. The van der Waals surface area contributed by atoms with Gasteiger partial charge in [-0.2, -0.15) is 0 Å². The molecule has 0 amide bonds. The van der Waals surface area contributed by atoms with Crippen LogP contribution in [-0.4, -0.2) is 0 Å². The smallest absolute Gasteiger partial charge is 0.0395 e. The number of benzene rings is 1. The van der Waals surface area contributed by atoms with Crippen LogP contribution in [0.25, 0.3) is 0 Å². The van der Waals surface area contributed by atoms with Gasteiger partial charge in [-0.3, -0.25) is 0 Å². The fourth-order valence-corrected chi connectivity index (χ4v) is 1.85. The number of rotatable bonds is 3. The molecule has 0 bridgehead atoms. The Hall–Kier alpha value is -0.300. The van der Waals surface area contributed by atoms with Crippen LogP contribution in [0.1, 0.15) is 30.2 Å². The van der Waals surface area contributed by atoms with Crippen molar-refractivity contribution < 1.29 is 0 Å². The van der Waals surface area contributed by atoms with Crippen LogP contribution in [0.15, 0.2) is 30.3 Å². The normalized spacial score (nSPS) is 12.9. The highest BCUT2D eigenvalue weighted by molar-refractivity contribution is 9.09. The highest BCUT2D eigenvalue weighted by atomic mass is 79.9. The van der Waals surface area contributed by atoms with Gasteiger partial charge in [0.15, 0.2) is 0 Å². The zero-order valence-electron chi connectivity index (χ0n) is 6.76. The Labute approximate surface area is 76.8 Å². The maximum atomic E-state index is 3.65. The Morgan fingerprint density at radius 3 is 2.45 bits per heavy atom. The van der Waals surface area contributed by atoms with Gasteiger partial charge in [0.05, 0.1) is 0 Å². The third-order valence-corrected chi connectivity index (χ3v) is 2.69. The van der Waals surface area contributed by atoms with Gasteiger partial charge in [-0.05, 0) is 12.0 Å². The van der Waals surface area contributed by atoms with Crippen molar-refractivity contribution in [3.63, 3.8) is 0 Å².